The van der Waals surface area contributed by atoms with Gasteiger partial charge in [-0.1, -0.05) is 12.2 Å². The Morgan fingerprint density at radius 3 is 3.12 bits per heavy atom. The Hall–Kier alpha value is -1.29. The Balaban J connectivity index is 1.91. The molecule has 0 radical (unpaired) electrons. The molecule has 1 aliphatic rings. The van der Waals surface area contributed by atoms with Crippen LogP contribution in [0.2, 0.25) is 0 Å². The topological polar surface area (TPSA) is 50.1 Å². The molecule has 2 rings (SSSR count). The molecule has 4 nitrogen and oxygen atoms in total. The molecule has 1 heterocycles. The lowest BCUT2D eigenvalue weighted by Gasteiger charge is -2.19. The van der Waals surface area contributed by atoms with Crippen molar-refractivity contribution in [1.29, 1.82) is 0 Å². The van der Waals surface area contributed by atoms with E-state index >= 15 is 0 Å². The number of aryl methyl sites for hydroxylation is 1. The van der Waals surface area contributed by atoms with E-state index in [0.29, 0.717) is 6.54 Å². The third-order valence-electron chi connectivity index (χ3n) is 3.16. The zero-order valence-corrected chi connectivity index (χ0v) is 10.4. The number of hydrogen-bond donors (Lipinski definition) is 2. The van der Waals surface area contributed by atoms with Crippen LogP contribution in [0.5, 0.6) is 0 Å². The monoisotopic (exact) mass is 235 g/mol. The molecular formula is C13H21N3O. The Morgan fingerprint density at radius 2 is 2.41 bits per heavy atom. The second-order valence-electron chi connectivity index (χ2n) is 4.65. The lowest BCUT2D eigenvalue weighted by molar-refractivity contribution is 0.270. The van der Waals surface area contributed by atoms with Gasteiger partial charge in [0.1, 0.15) is 5.82 Å². The van der Waals surface area contributed by atoms with Gasteiger partial charge in [-0.05, 0) is 32.1 Å². The second kappa shape index (κ2) is 5.87. The lowest BCUT2D eigenvalue weighted by atomic mass is 9.94. The SMILES string of the molecule is Cc1cc(NC[C@H]2CC=CCC2)n(CCO)n1. The number of hydrogen-bond acceptors (Lipinski definition) is 3. The van der Waals surface area contributed by atoms with Crippen molar-refractivity contribution in [3.05, 3.63) is 23.9 Å². The average molecular weight is 235 g/mol. The third-order valence-corrected chi connectivity index (χ3v) is 3.16. The van der Waals surface area contributed by atoms with Gasteiger partial charge in [0.2, 0.25) is 0 Å². The highest BCUT2D eigenvalue weighted by atomic mass is 16.3. The summed E-state index contributed by atoms with van der Waals surface area (Å²) >= 11 is 0. The molecule has 4 heteroatoms. The summed E-state index contributed by atoms with van der Waals surface area (Å²) in [6, 6.07) is 2.04. The van der Waals surface area contributed by atoms with E-state index in [0.717, 1.165) is 24.0 Å². The number of aromatic nitrogens is 2. The molecule has 0 unspecified atom stereocenters. The van der Waals surface area contributed by atoms with Crippen LogP contribution in [0.3, 0.4) is 0 Å². The maximum Gasteiger partial charge on any atom is 0.124 e. The fourth-order valence-electron chi connectivity index (χ4n) is 2.24. The van der Waals surface area contributed by atoms with Crippen molar-refractivity contribution in [3.63, 3.8) is 0 Å². The first-order valence-corrected chi connectivity index (χ1v) is 6.34. The molecule has 0 saturated carbocycles. The van der Waals surface area contributed by atoms with Crippen molar-refractivity contribution >= 4 is 5.82 Å². The summed E-state index contributed by atoms with van der Waals surface area (Å²) < 4.78 is 1.84. The van der Waals surface area contributed by atoms with Crippen LogP contribution in [0.15, 0.2) is 18.2 Å². The van der Waals surface area contributed by atoms with Crippen molar-refractivity contribution in [2.24, 2.45) is 5.92 Å². The predicted octanol–water partition coefficient (Wildman–Crippen LogP) is 1.95. The van der Waals surface area contributed by atoms with Crippen LogP contribution in [-0.2, 0) is 6.54 Å². The molecular weight excluding hydrogens is 214 g/mol. The Labute approximate surface area is 102 Å². The minimum absolute atomic E-state index is 0.127. The number of anilines is 1. The standard InChI is InChI=1S/C13H21N3O/c1-11-9-13(16(15-11)7-8-17)14-10-12-5-3-2-4-6-12/h2-3,9,12,14,17H,4-8,10H2,1H3/t12-/m0/s1. The molecule has 0 saturated heterocycles. The van der Waals surface area contributed by atoms with Gasteiger partial charge in [0, 0.05) is 12.6 Å². The molecule has 1 aromatic rings. The van der Waals surface area contributed by atoms with E-state index in [4.69, 9.17) is 5.11 Å². The van der Waals surface area contributed by atoms with Crippen LogP contribution in [0.1, 0.15) is 25.0 Å². The highest BCUT2D eigenvalue weighted by Crippen LogP contribution is 2.19. The summed E-state index contributed by atoms with van der Waals surface area (Å²) in [6.07, 6.45) is 8.15. The first kappa shape index (κ1) is 12.2. The quantitative estimate of drug-likeness (QED) is 0.767. The summed E-state index contributed by atoms with van der Waals surface area (Å²) in [7, 11) is 0. The highest BCUT2D eigenvalue weighted by Gasteiger charge is 2.11. The highest BCUT2D eigenvalue weighted by molar-refractivity contribution is 5.36. The van der Waals surface area contributed by atoms with Gasteiger partial charge in [0.05, 0.1) is 18.8 Å². The Morgan fingerprint density at radius 1 is 1.53 bits per heavy atom. The van der Waals surface area contributed by atoms with Gasteiger partial charge in [0.25, 0.3) is 0 Å². The number of aliphatic hydroxyl groups is 1. The first-order chi connectivity index (χ1) is 8.29. The van der Waals surface area contributed by atoms with E-state index in [2.05, 4.69) is 22.6 Å². The fourth-order valence-corrected chi connectivity index (χ4v) is 2.24. The molecule has 0 amide bonds. The van der Waals surface area contributed by atoms with Crippen molar-refractivity contribution in [1.82, 2.24) is 9.78 Å². The van der Waals surface area contributed by atoms with Crippen LogP contribution in [-0.4, -0.2) is 28.0 Å². The molecule has 0 bridgehead atoms. The Kier molecular flexibility index (Phi) is 4.20. The largest absolute Gasteiger partial charge is 0.394 e. The molecule has 0 aromatic carbocycles. The molecule has 1 atom stereocenters. The van der Waals surface area contributed by atoms with E-state index < -0.39 is 0 Å². The number of aliphatic hydroxyl groups excluding tert-OH is 1. The van der Waals surface area contributed by atoms with Crippen LogP contribution >= 0.6 is 0 Å². The number of rotatable bonds is 5. The van der Waals surface area contributed by atoms with E-state index in [9.17, 15) is 0 Å². The second-order valence-corrected chi connectivity index (χ2v) is 4.65. The van der Waals surface area contributed by atoms with Crippen LogP contribution in [0, 0.1) is 12.8 Å². The molecule has 17 heavy (non-hydrogen) atoms. The maximum atomic E-state index is 8.97. The molecule has 0 aliphatic heterocycles. The van der Waals surface area contributed by atoms with Gasteiger partial charge in [-0.25, -0.2) is 4.68 Å². The maximum absolute atomic E-state index is 8.97. The van der Waals surface area contributed by atoms with Crippen LogP contribution < -0.4 is 5.32 Å². The molecule has 1 aliphatic carbocycles. The van der Waals surface area contributed by atoms with E-state index in [1.54, 1.807) is 0 Å². The van der Waals surface area contributed by atoms with Gasteiger partial charge in [0.15, 0.2) is 0 Å². The molecule has 1 aromatic heterocycles. The van der Waals surface area contributed by atoms with Crippen LogP contribution in [0.4, 0.5) is 5.82 Å². The van der Waals surface area contributed by atoms with E-state index in [1.165, 1.54) is 19.3 Å². The molecule has 94 valence electrons. The minimum atomic E-state index is 0.127. The molecule has 2 N–H and O–H groups in total. The van der Waals surface area contributed by atoms with Crippen molar-refractivity contribution in [2.45, 2.75) is 32.7 Å². The molecule has 0 fully saturated rings. The summed E-state index contributed by atoms with van der Waals surface area (Å²) in [5.41, 5.74) is 0.990. The van der Waals surface area contributed by atoms with Gasteiger partial charge in [-0.3, -0.25) is 0 Å². The average Bonchev–Trinajstić information content (AvgIpc) is 2.69. The van der Waals surface area contributed by atoms with Gasteiger partial charge in [-0.2, -0.15) is 5.10 Å². The summed E-state index contributed by atoms with van der Waals surface area (Å²) in [4.78, 5) is 0. The predicted molar refractivity (Wildman–Crippen MR) is 69.0 cm³/mol. The number of nitrogens with zero attached hydrogens (tertiary/aromatic N) is 2. The van der Waals surface area contributed by atoms with Gasteiger partial charge >= 0.3 is 0 Å². The lowest BCUT2D eigenvalue weighted by Crippen LogP contribution is -2.18. The molecule has 0 spiro atoms. The van der Waals surface area contributed by atoms with Gasteiger partial charge in [-0.15, -0.1) is 0 Å². The van der Waals surface area contributed by atoms with Crippen molar-refractivity contribution < 1.29 is 5.11 Å². The fraction of sp³-hybridized carbons (Fsp3) is 0.615. The van der Waals surface area contributed by atoms with Crippen molar-refractivity contribution in [3.8, 4) is 0 Å². The summed E-state index contributed by atoms with van der Waals surface area (Å²) in [5, 5.41) is 16.8. The first-order valence-electron chi connectivity index (χ1n) is 6.34. The van der Waals surface area contributed by atoms with E-state index in [-0.39, 0.29) is 6.61 Å². The number of nitrogens with one attached hydrogen (secondary N) is 1. The third kappa shape index (κ3) is 3.33. The van der Waals surface area contributed by atoms with Gasteiger partial charge < -0.3 is 10.4 Å². The summed E-state index contributed by atoms with van der Waals surface area (Å²) in [6.45, 7) is 3.64. The number of allylic oxidation sites excluding steroid dienone is 2. The van der Waals surface area contributed by atoms with E-state index in [1.807, 2.05) is 17.7 Å². The summed E-state index contributed by atoms with van der Waals surface area (Å²) in [5.74, 6) is 1.74. The smallest absolute Gasteiger partial charge is 0.124 e. The van der Waals surface area contributed by atoms with Crippen LogP contribution in [0.25, 0.3) is 0 Å². The zero-order valence-electron chi connectivity index (χ0n) is 10.4. The van der Waals surface area contributed by atoms with Crippen molar-refractivity contribution in [2.75, 3.05) is 18.5 Å². The Bertz CT molecular complexity index is 384. The zero-order chi connectivity index (χ0) is 12.1. The minimum Gasteiger partial charge on any atom is -0.394 e. The normalized spacial score (nSPS) is 19.5.